The fourth-order valence-corrected chi connectivity index (χ4v) is 8.01. The molecule has 3 aromatic carbocycles. The molecule has 0 fully saturated rings. The Hall–Kier alpha value is -4.82. The van der Waals surface area contributed by atoms with Gasteiger partial charge < -0.3 is 9.13 Å². The quantitative estimate of drug-likeness (QED) is 0.204. The fourth-order valence-electron chi connectivity index (χ4n) is 8.01. The van der Waals surface area contributed by atoms with Crippen LogP contribution in [-0.4, -0.2) is 9.13 Å². The Morgan fingerprint density at radius 3 is 2.18 bits per heavy atom. The highest BCUT2D eigenvalue weighted by atomic mass is 15.0. The predicted octanol–water partition coefficient (Wildman–Crippen LogP) is 11.3. The molecule has 0 saturated heterocycles. The maximum atomic E-state index is 2.60. The Kier molecular flexibility index (Phi) is 6.07. The molecule has 0 saturated carbocycles. The second-order valence-electron chi connectivity index (χ2n) is 12.5. The predicted molar refractivity (Wildman–Crippen MR) is 188 cm³/mol. The van der Waals surface area contributed by atoms with E-state index in [4.69, 9.17) is 0 Å². The van der Waals surface area contributed by atoms with Crippen molar-refractivity contribution in [1.29, 1.82) is 0 Å². The zero-order valence-corrected chi connectivity index (χ0v) is 25.1. The molecule has 4 aliphatic carbocycles. The molecule has 44 heavy (non-hydrogen) atoms. The summed E-state index contributed by atoms with van der Waals surface area (Å²) in [6, 6.07) is 25.0. The topological polar surface area (TPSA) is 9.86 Å². The van der Waals surface area contributed by atoms with Crippen molar-refractivity contribution in [2.45, 2.75) is 51.4 Å². The second-order valence-corrected chi connectivity index (χ2v) is 12.5. The summed E-state index contributed by atoms with van der Waals surface area (Å²) in [7, 11) is 0. The molecule has 0 bridgehead atoms. The Balaban J connectivity index is 1.26. The summed E-state index contributed by atoms with van der Waals surface area (Å²) in [5.74, 6) is 0. The minimum absolute atomic E-state index is 1.04. The van der Waals surface area contributed by atoms with Crippen LogP contribution in [0.3, 0.4) is 0 Å². The minimum Gasteiger partial charge on any atom is -0.317 e. The van der Waals surface area contributed by atoms with Crippen LogP contribution < -0.4 is 0 Å². The normalized spacial score (nSPS) is 18.2. The zero-order valence-electron chi connectivity index (χ0n) is 25.1. The van der Waals surface area contributed by atoms with Crippen molar-refractivity contribution in [3.8, 4) is 0 Å². The molecular weight excluding hydrogens is 532 g/mol. The van der Waals surface area contributed by atoms with Crippen LogP contribution in [0.4, 0.5) is 0 Å². The highest BCUT2D eigenvalue weighted by Crippen LogP contribution is 2.44. The van der Waals surface area contributed by atoms with Gasteiger partial charge in [-0.3, -0.25) is 0 Å². The van der Waals surface area contributed by atoms with Crippen molar-refractivity contribution >= 4 is 55.8 Å². The minimum atomic E-state index is 1.04. The Bertz CT molecular complexity index is 2210. The van der Waals surface area contributed by atoms with E-state index in [1.54, 1.807) is 0 Å². The number of hydrogen-bond acceptors (Lipinski definition) is 0. The standard InChI is InChI=1S/C42H36N2/c1-3-13-29(14-4-1)30-15-11-18-33(27-30)44-40-24-10-7-19-35(40)37-22-12-21-34(42(37)44)31-25-26-41-38(28-31)36-20-8-9-23-39(36)43(41)32-16-5-2-6-17-32/h2-3,5,7-10,12-16,19-24,27-28H,1,4,6,11,17-18,25-26H2. The Morgan fingerprint density at radius 2 is 1.34 bits per heavy atom. The van der Waals surface area contributed by atoms with E-state index in [9.17, 15) is 0 Å². The zero-order chi connectivity index (χ0) is 29.0. The van der Waals surface area contributed by atoms with Crippen molar-refractivity contribution in [3.05, 3.63) is 143 Å². The SMILES string of the molecule is C1=CCCC(n2c3c(c4ccccc42)C=C(c2cccc4c5ccccc5n(C5=CC(C6=CCCC=C6)=CCC5)c24)CC3)=C1. The molecular formula is C42H36N2. The van der Waals surface area contributed by atoms with E-state index < -0.39 is 0 Å². The average molecular weight is 569 g/mol. The third-order valence-electron chi connectivity index (χ3n) is 9.99. The second kappa shape index (κ2) is 10.4. The lowest BCUT2D eigenvalue weighted by Crippen LogP contribution is -2.08. The molecule has 0 unspecified atom stereocenters. The van der Waals surface area contributed by atoms with Crippen molar-refractivity contribution < 1.29 is 0 Å². The van der Waals surface area contributed by atoms with Gasteiger partial charge in [0.1, 0.15) is 0 Å². The summed E-state index contributed by atoms with van der Waals surface area (Å²) >= 11 is 0. The first-order valence-electron chi connectivity index (χ1n) is 16.3. The molecule has 5 aromatic rings. The number of hydrogen-bond donors (Lipinski definition) is 0. The van der Waals surface area contributed by atoms with E-state index in [1.807, 2.05) is 0 Å². The smallest absolute Gasteiger partial charge is 0.0612 e. The third-order valence-corrected chi connectivity index (χ3v) is 9.99. The maximum Gasteiger partial charge on any atom is 0.0612 e. The summed E-state index contributed by atoms with van der Waals surface area (Å²) in [4.78, 5) is 0. The summed E-state index contributed by atoms with van der Waals surface area (Å²) < 4.78 is 5.16. The van der Waals surface area contributed by atoms with Gasteiger partial charge >= 0.3 is 0 Å². The first kappa shape index (κ1) is 25.7. The highest BCUT2D eigenvalue weighted by molar-refractivity contribution is 6.14. The Morgan fingerprint density at radius 1 is 0.545 bits per heavy atom. The van der Waals surface area contributed by atoms with E-state index in [1.165, 1.54) is 77.6 Å². The third kappa shape index (κ3) is 4.01. The Labute approximate surface area is 259 Å². The average Bonchev–Trinajstić information content (AvgIpc) is 3.62. The van der Waals surface area contributed by atoms with Gasteiger partial charge in [-0.25, -0.2) is 0 Å². The van der Waals surface area contributed by atoms with Crippen LogP contribution in [0.25, 0.3) is 55.8 Å². The monoisotopic (exact) mass is 568 g/mol. The van der Waals surface area contributed by atoms with Gasteiger partial charge in [-0.1, -0.05) is 91.1 Å². The van der Waals surface area contributed by atoms with Crippen LogP contribution in [0.1, 0.15) is 61.8 Å². The lowest BCUT2D eigenvalue weighted by molar-refractivity contribution is 0.869. The molecule has 4 aliphatic rings. The fraction of sp³-hybridized carbons (Fsp3) is 0.190. The molecule has 2 aromatic heterocycles. The van der Waals surface area contributed by atoms with Crippen molar-refractivity contribution in [3.63, 3.8) is 0 Å². The number of fused-ring (bicyclic) bond motifs is 6. The van der Waals surface area contributed by atoms with Gasteiger partial charge in [0.15, 0.2) is 0 Å². The van der Waals surface area contributed by atoms with Gasteiger partial charge in [0.25, 0.3) is 0 Å². The number of nitrogens with zero attached hydrogens (tertiary/aromatic N) is 2. The van der Waals surface area contributed by atoms with Gasteiger partial charge in [0.05, 0.1) is 16.6 Å². The van der Waals surface area contributed by atoms with Crippen LogP contribution in [0.2, 0.25) is 0 Å². The summed E-state index contributed by atoms with van der Waals surface area (Å²) in [5, 5.41) is 4.05. The number of allylic oxidation sites excluding steroid dienone is 13. The van der Waals surface area contributed by atoms with E-state index in [0.717, 1.165) is 51.4 Å². The molecule has 0 aliphatic heterocycles. The summed E-state index contributed by atoms with van der Waals surface area (Å²) in [6.07, 6.45) is 29.9. The van der Waals surface area contributed by atoms with E-state index in [0.29, 0.717) is 0 Å². The largest absolute Gasteiger partial charge is 0.317 e. The molecule has 0 atom stereocenters. The number of rotatable bonds is 4. The lowest BCUT2D eigenvalue weighted by Gasteiger charge is -2.22. The first-order chi connectivity index (χ1) is 21.8. The highest BCUT2D eigenvalue weighted by Gasteiger charge is 2.25. The molecule has 2 heterocycles. The van der Waals surface area contributed by atoms with Crippen LogP contribution in [0, 0.1) is 0 Å². The lowest BCUT2D eigenvalue weighted by atomic mass is 9.90. The number of para-hydroxylation sites is 3. The molecule has 2 nitrogen and oxygen atoms in total. The molecule has 0 N–H and O–H groups in total. The van der Waals surface area contributed by atoms with E-state index in [2.05, 4.69) is 131 Å². The van der Waals surface area contributed by atoms with Gasteiger partial charge in [0.2, 0.25) is 0 Å². The molecule has 2 heteroatoms. The van der Waals surface area contributed by atoms with Crippen molar-refractivity contribution in [2.75, 3.05) is 0 Å². The van der Waals surface area contributed by atoms with Gasteiger partial charge in [-0.05, 0) is 98.4 Å². The van der Waals surface area contributed by atoms with Crippen LogP contribution in [-0.2, 0) is 6.42 Å². The van der Waals surface area contributed by atoms with Crippen LogP contribution in [0.5, 0.6) is 0 Å². The molecule has 0 radical (unpaired) electrons. The number of benzene rings is 3. The van der Waals surface area contributed by atoms with Gasteiger partial charge in [-0.2, -0.15) is 0 Å². The molecule has 0 amide bonds. The molecule has 214 valence electrons. The van der Waals surface area contributed by atoms with Gasteiger partial charge in [0, 0.05) is 44.4 Å². The summed E-state index contributed by atoms with van der Waals surface area (Å²) in [5.41, 5.74) is 15.2. The van der Waals surface area contributed by atoms with Crippen LogP contribution in [0.15, 0.2) is 126 Å². The van der Waals surface area contributed by atoms with Crippen molar-refractivity contribution in [2.24, 2.45) is 0 Å². The summed E-state index contributed by atoms with van der Waals surface area (Å²) in [6.45, 7) is 0. The molecule has 9 rings (SSSR count). The van der Waals surface area contributed by atoms with E-state index >= 15 is 0 Å². The van der Waals surface area contributed by atoms with E-state index in [-0.39, 0.29) is 0 Å². The van der Waals surface area contributed by atoms with Crippen LogP contribution >= 0.6 is 0 Å². The maximum absolute atomic E-state index is 2.60. The number of aromatic nitrogens is 2. The van der Waals surface area contributed by atoms with Crippen molar-refractivity contribution in [1.82, 2.24) is 9.13 Å². The first-order valence-corrected chi connectivity index (χ1v) is 16.3. The molecule has 0 spiro atoms. The van der Waals surface area contributed by atoms with Gasteiger partial charge in [-0.15, -0.1) is 0 Å².